The van der Waals surface area contributed by atoms with E-state index in [0.29, 0.717) is 34.9 Å². The van der Waals surface area contributed by atoms with Gasteiger partial charge in [0.25, 0.3) is 0 Å². The maximum atomic E-state index is 13.4. The lowest BCUT2D eigenvalue weighted by Crippen LogP contribution is -2.52. The largest absolute Gasteiger partial charge is 0.506 e. The molecular formula is C46H56N4O7S3Si. The highest BCUT2D eigenvalue weighted by atomic mass is 32.1. The summed E-state index contributed by atoms with van der Waals surface area (Å²) in [6.07, 6.45) is 4.13. The first-order valence-electron chi connectivity index (χ1n) is 21.1. The number of aryl methyl sites for hydroxylation is 1. The van der Waals surface area contributed by atoms with Gasteiger partial charge in [0.15, 0.2) is 8.32 Å². The number of aliphatic hydroxyl groups is 1. The number of nitrogens with zero attached hydrogens (tertiary/aromatic N) is 2. The van der Waals surface area contributed by atoms with Gasteiger partial charge in [-0.25, -0.2) is 4.79 Å². The summed E-state index contributed by atoms with van der Waals surface area (Å²) >= 11 is 4.00. The smallest absolute Gasteiger partial charge is 0.349 e. The molecule has 1 aliphatic heterocycles. The summed E-state index contributed by atoms with van der Waals surface area (Å²) in [5.41, 5.74) is 1.47. The minimum absolute atomic E-state index is 0.0236. The molecule has 1 saturated carbocycles. The van der Waals surface area contributed by atoms with Gasteiger partial charge in [-0.2, -0.15) is 0 Å². The molecule has 2 aromatic carbocycles. The zero-order chi connectivity index (χ0) is 43.2. The normalized spacial score (nSPS) is 17.0. The van der Waals surface area contributed by atoms with Gasteiger partial charge in [0, 0.05) is 31.1 Å². The monoisotopic (exact) mass is 900 g/mol. The molecular weight excluding hydrogens is 845 g/mol. The second kappa shape index (κ2) is 17.3. The number of benzene rings is 2. The average molecular weight is 901 g/mol. The number of pyridine rings is 1. The Bertz CT molecular complexity index is 2560. The van der Waals surface area contributed by atoms with Crippen molar-refractivity contribution in [3.8, 4) is 5.75 Å². The minimum Gasteiger partial charge on any atom is -0.506 e. The van der Waals surface area contributed by atoms with Gasteiger partial charge < -0.3 is 34.6 Å². The number of likely N-dealkylation sites (tertiary alicyclic amines) is 1. The number of hydrogen-bond donors (Lipinski definition) is 4. The zero-order valence-electron chi connectivity index (χ0n) is 35.5. The maximum absolute atomic E-state index is 13.4. The number of aromatic amines is 1. The highest BCUT2D eigenvalue weighted by Gasteiger charge is 2.51. The summed E-state index contributed by atoms with van der Waals surface area (Å²) in [5.74, 6) is -0.563. The fraction of sp³-hybridized carbons (Fsp3) is 0.457. The van der Waals surface area contributed by atoms with Crippen LogP contribution in [0.2, 0.25) is 18.1 Å². The van der Waals surface area contributed by atoms with Crippen LogP contribution in [0, 0.1) is 5.41 Å². The topological polar surface area (TPSA) is 146 Å². The molecule has 0 bridgehead atoms. The summed E-state index contributed by atoms with van der Waals surface area (Å²) in [5, 5.41) is 30.2. The molecule has 1 saturated heterocycles. The second-order valence-electron chi connectivity index (χ2n) is 18.4. The van der Waals surface area contributed by atoms with Crippen LogP contribution in [0.5, 0.6) is 5.75 Å². The van der Waals surface area contributed by atoms with Crippen molar-refractivity contribution in [2.24, 2.45) is 5.41 Å². The molecule has 8 rings (SSSR count). The predicted octanol–water partition coefficient (Wildman–Crippen LogP) is 8.70. The summed E-state index contributed by atoms with van der Waals surface area (Å²) < 4.78 is 15.8. The van der Waals surface area contributed by atoms with Gasteiger partial charge in [0.2, 0.25) is 11.2 Å². The third-order valence-electron chi connectivity index (χ3n) is 13.3. The number of rotatable bonds is 15. The molecule has 4 aromatic heterocycles. The van der Waals surface area contributed by atoms with Crippen LogP contribution in [0.1, 0.15) is 79.9 Å². The number of ether oxygens (including phenoxy) is 1. The van der Waals surface area contributed by atoms with Gasteiger partial charge in [-0.1, -0.05) is 56.4 Å². The number of carbonyl (C=O) groups excluding carboxylic acids is 1. The average Bonchev–Trinajstić information content (AvgIpc) is 4.01. The Morgan fingerprint density at radius 1 is 0.984 bits per heavy atom. The first-order chi connectivity index (χ1) is 29.0. The first kappa shape index (κ1) is 43.7. The van der Waals surface area contributed by atoms with Crippen LogP contribution in [0.4, 0.5) is 0 Å². The van der Waals surface area contributed by atoms with E-state index in [2.05, 4.69) is 67.3 Å². The Balaban J connectivity index is 0.833. The van der Waals surface area contributed by atoms with Gasteiger partial charge in [-0.3, -0.25) is 14.2 Å². The van der Waals surface area contributed by atoms with Crippen LogP contribution >= 0.6 is 34.0 Å². The SMILES string of the molecule is CC(C)(C)[Si](C)(C)O[C@@H](CNCc1ccc2c(c1)sc(=O)n2CCCN1CCC2(CC1)CC(OC(=O)C(O)(c1cccs1)c1cccs1)C2)c1ccc(O)c2[nH]c(=O)ccc12. The van der Waals surface area contributed by atoms with Crippen molar-refractivity contribution in [2.45, 2.75) is 102 Å². The molecule has 0 unspecified atom stereocenters. The number of carbonyl (C=O) groups is 1. The standard InChI is InChI=1S/C46H56N4O7S3Si/c1-44(2,3)61(4,5)57-36(32-12-15-35(51)41-33(32)13-16-40(52)48-41)29-47-28-30-11-14-34-37(25-30)60-43(54)50(34)20-8-19-49-21-17-45(18-22-49)26-31(27-45)56-42(53)46(55,38-9-6-23-58-38)39-10-7-24-59-39/h6-7,9-16,23-25,31,36,47,51,55H,8,17-22,26-29H2,1-5H3,(H,48,52)/t36-/m0/s1. The molecule has 1 atom stereocenters. The Morgan fingerprint density at radius 3 is 2.34 bits per heavy atom. The number of aromatic hydroxyl groups is 1. The number of hydrogen-bond acceptors (Lipinski definition) is 12. The van der Waals surface area contributed by atoms with Gasteiger partial charge >= 0.3 is 10.8 Å². The van der Waals surface area contributed by atoms with E-state index in [1.165, 1.54) is 40.1 Å². The van der Waals surface area contributed by atoms with E-state index < -0.39 is 19.9 Å². The molecule has 6 aromatic rings. The number of aromatic nitrogens is 2. The fourth-order valence-corrected chi connectivity index (χ4v) is 12.7. The van der Waals surface area contributed by atoms with E-state index >= 15 is 0 Å². The lowest BCUT2D eigenvalue weighted by molar-refractivity contribution is -0.181. The zero-order valence-corrected chi connectivity index (χ0v) is 38.9. The highest BCUT2D eigenvalue weighted by Crippen LogP contribution is 2.51. The van der Waals surface area contributed by atoms with E-state index in [9.17, 15) is 24.6 Å². The Kier molecular flexibility index (Phi) is 12.4. The fourth-order valence-electron chi connectivity index (χ4n) is 8.70. The number of H-pyrrole nitrogens is 1. The van der Waals surface area contributed by atoms with E-state index in [1.807, 2.05) is 33.5 Å². The summed E-state index contributed by atoms with van der Waals surface area (Å²) in [6.45, 7) is 15.7. The Labute approximate surface area is 369 Å². The quantitative estimate of drug-likeness (QED) is 0.0588. The van der Waals surface area contributed by atoms with Crippen LogP contribution in [-0.2, 0) is 32.6 Å². The van der Waals surface area contributed by atoms with Crippen LogP contribution in [-0.4, -0.2) is 71.2 Å². The Hall–Kier alpha value is -3.93. The Morgan fingerprint density at radius 2 is 1.69 bits per heavy atom. The molecule has 2 aliphatic rings. The van der Waals surface area contributed by atoms with Crippen molar-refractivity contribution >= 4 is 69.4 Å². The summed E-state index contributed by atoms with van der Waals surface area (Å²) in [6, 6.07) is 20.2. The van der Waals surface area contributed by atoms with E-state index in [0.717, 1.165) is 78.5 Å². The number of thiophene rings is 2. The van der Waals surface area contributed by atoms with Crippen molar-refractivity contribution in [3.63, 3.8) is 0 Å². The van der Waals surface area contributed by atoms with Crippen molar-refractivity contribution < 1.29 is 24.2 Å². The third-order valence-corrected chi connectivity index (χ3v) is 20.7. The molecule has 0 radical (unpaired) electrons. The predicted molar refractivity (Wildman–Crippen MR) is 249 cm³/mol. The van der Waals surface area contributed by atoms with Crippen LogP contribution in [0.25, 0.3) is 21.1 Å². The van der Waals surface area contributed by atoms with E-state index in [4.69, 9.17) is 9.16 Å². The third kappa shape index (κ3) is 8.98. The lowest BCUT2D eigenvalue weighted by Gasteiger charge is -2.51. The van der Waals surface area contributed by atoms with Crippen molar-refractivity contribution in [2.75, 3.05) is 26.2 Å². The van der Waals surface area contributed by atoms with Crippen LogP contribution in [0.3, 0.4) is 0 Å². The number of phenolic OH excluding ortho intramolecular Hbond substituents is 1. The lowest BCUT2D eigenvalue weighted by atomic mass is 9.61. The number of nitrogens with one attached hydrogen (secondary N) is 2. The van der Waals surface area contributed by atoms with Crippen molar-refractivity contribution in [1.82, 2.24) is 19.8 Å². The second-order valence-corrected chi connectivity index (χ2v) is 26.0. The minimum atomic E-state index is -2.22. The molecule has 1 spiro atoms. The van der Waals surface area contributed by atoms with E-state index in [1.54, 1.807) is 24.3 Å². The molecule has 61 heavy (non-hydrogen) atoms. The van der Waals surface area contributed by atoms with Crippen LogP contribution < -0.4 is 15.7 Å². The highest BCUT2D eigenvalue weighted by molar-refractivity contribution is 7.16. The van der Waals surface area contributed by atoms with Crippen LogP contribution in [0.15, 0.2) is 87.1 Å². The van der Waals surface area contributed by atoms with Gasteiger partial charge in [0.1, 0.15) is 11.9 Å². The molecule has 2 fully saturated rings. The number of thiazole rings is 1. The number of esters is 1. The number of piperidine rings is 1. The summed E-state index contributed by atoms with van der Waals surface area (Å²) in [4.78, 5) is 45.3. The first-order valence-corrected chi connectivity index (χ1v) is 26.6. The summed E-state index contributed by atoms with van der Waals surface area (Å²) in [7, 11) is -2.22. The molecule has 324 valence electrons. The number of fused-ring (bicyclic) bond motifs is 2. The van der Waals surface area contributed by atoms with Gasteiger partial charge in [-0.15, -0.1) is 22.7 Å². The number of phenols is 1. The van der Waals surface area contributed by atoms with Crippen molar-refractivity contribution in [1.29, 1.82) is 0 Å². The molecule has 1 aliphatic carbocycles. The molecule has 0 amide bonds. The molecule has 11 nitrogen and oxygen atoms in total. The van der Waals surface area contributed by atoms with Gasteiger partial charge in [-0.05, 0) is 134 Å². The molecule has 15 heteroatoms. The molecule has 5 heterocycles. The van der Waals surface area contributed by atoms with E-state index in [-0.39, 0.29) is 38.8 Å². The maximum Gasteiger partial charge on any atom is 0.349 e. The van der Waals surface area contributed by atoms with Gasteiger partial charge in [0.05, 0.1) is 31.6 Å². The van der Waals surface area contributed by atoms with Crippen molar-refractivity contribution in [3.05, 3.63) is 118 Å². The molecule has 4 N–H and O–H groups in total.